The molecule has 0 saturated heterocycles. The Morgan fingerprint density at radius 1 is 0.933 bits per heavy atom. The fourth-order valence-corrected chi connectivity index (χ4v) is 2.10. The van der Waals surface area contributed by atoms with Gasteiger partial charge in [0.2, 0.25) is 0 Å². The molecule has 0 bridgehead atoms. The van der Waals surface area contributed by atoms with Crippen LogP contribution in [0.2, 0.25) is 0 Å². The van der Waals surface area contributed by atoms with Gasteiger partial charge in [-0.15, -0.1) is 5.73 Å². The molecular formula is C15H18. The van der Waals surface area contributed by atoms with E-state index in [1.54, 1.807) is 0 Å². The largest absolute Gasteiger partial charge is 0.120 e. The van der Waals surface area contributed by atoms with Gasteiger partial charge in [-0.1, -0.05) is 58.0 Å². The van der Waals surface area contributed by atoms with Crippen LogP contribution in [0.1, 0.15) is 33.3 Å². The second-order valence-corrected chi connectivity index (χ2v) is 5.32. The zero-order chi connectivity index (χ0) is 11.1. The first-order valence-electron chi connectivity index (χ1n) is 5.49. The van der Waals surface area contributed by atoms with Crippen molar-refractivity contribution in [2.75, 3.05) is 0 Å². The Morgan fingerprint density at radius 3 is 1.93 bits per heavy atom. The number of hydrogen-bond acceptors (Lipinski definition) is 0. The van der Waals surface area contributed by atoms with Crippen molar-refractivity contribution in [2.24, 2.45) is 10.8 Å². The van der Waals surface area contributed by atoms with Crippen molar-refractivity contribution in [2.45, 2.75) is 27.7 Å². The van der Waals surface area contributed by atoms with Gasteiger partial charge >= 0.3 is 0 Å². The molecule has 2 rings (SSSR count). The smallest absolute Gasteiger partial charge is 0.00315 e. The Labute approximate surface area is 92.3 Å². The van der Waals surface area contributed by atoms with Crippen LogP contribution in [0.15, 0.2) is 41.6 Å². The summed E-state index contributed by atoms with van der Waals surface area (Å²) in [6.07, 6.45) is 2.09. The second kappa shape index (κ2) is 3.12. The summed E-state index contributed by atoms with van der Waals surface area (Å²) in [6, 6.07) is 10.4. The highest BCUT2D eigenvalue weighted by molar-refractivity contribution is 5.53. The van der Waals surface area contributed by atoms with Gasteiger partial charge in [0.25, 0.3) is 0 Å². The highest BCUT2D eigenvalue weighted by Crippen LogP contribution is 2.67. The first-order chi connectivity index (χ1) is 6.96. The van der Waals surface area contributed by atoms with E-state index >= 15 is 0 Å². The van der Waals surface area contributed by atoms with E-state index < -0.39 is 0 Å². The third-order valence-electron chi connectivity index (χ3n) is 3.93. The lowest BCUT2D eigenvalue weighted by molar-refractivity contribution is 0.457. The third-order valence-corrected chi connectivity index (χ3v) is 3.93. The molecule has 1 aromatic rings. The van der Waals surface area contributed by atoms with Crippen molar-refractivity contribution in [1.29, 1.82) is 0 Å². The molecule has 1 aliphatic carbocycles. The number of hydrogen-bond donors (Lipinski definition) is 0. The maximum Gasteiger partial charge on any atom is 0.00315 e. The molecule has 0 heteroatoms. The van der Waals surface area contributed by atoms with Crippen molar-refractivity contribution >= 4 is 6.08 Å². The Morgan fingerprint density at radius 2 is 1.47 bits per heavy atom. The van der Waals surface area contributed by atoms with Gasteiger partial charge in [-0.2, -0.15) is 0 Å². The normalized spacial score (nSPS) is 20.7. The van der Waals surface area contributed by atoms with Crippen LogP contribution in [-0.2, 0) is 0 Å². The zero-order valence-corrected chi connectivity index (χ0v) is 9.96. The molecule has 1 aromatic carbocycles. The fourth-order valence-electron chi connectivity index (χ4n) is 2.10. The van der Waals surface area contributed by atoms with Gasteiger partial charge in [-0.3, -0.25) is 0 Å². The lowest BCUT2D eigenvalue weighted by Crippen LogP contribution is -1.95. The van der Waals surface area contributed by atoms with Crippen LogP contribution in [0.4, 0.5) is 0 Å². The first-order valence-corrected chi connectivity index (χ1v) is 5.49. The standard InChI is InChI=1S/C15H18/c1-14(2)13(15(14,3)4)11-10-12-8-6-5-7-9-12/h5-10H,1-4H3. The van der Waals surface area contributed by atoms with E-state index in [4.69, 9.17) is 0 Å². The van der Waals surface area contributed by atoms with E-state index in [0.717, 1.165) is 0 Å². The van der Waals surface area contributed by atoms with Crippen molar-refractivity contribution in [3.05, 3.63) is 47.2 Å². The summed E-state index contributed by atoms with van der Waals surface area (Å²) in [5.74, 6) is 0. The minimum absolute atomic E-state index is 0.318. The molecule has 0 nitrogen and oxygen atoms in total. The first kappa shape index (κ1) is 10.3. The highest BCUT2D eigenvalue weighted by atomic mass is 14.6. The molecule has 0 spiro atoms. The van der Waals surface area contributed by atoms with E-state index in [-0.39, 0.29) is 0 Å². The molecule has 0 N–H and O–H groups in total. The van der Waals surface area contributed by atoms with Crippen LogP contribution in [0.5, 0.6) is 0 Å². The van der Waals surface area contributed by atoms with E-state index in [2.05, 4.69) is 63.8 Å². The minimum atomic E-state index is 0.318. The number of benzene rings is 1. The summed E-state index contributed by atoms with van der Waals surface area (Å²) >= 11 is 0. The summed E-state index contributed by atoms with van der Waals surface area (Å²) in [5, 5.41) is 0. The minimum Gasteiger partial charge on any atom is -0.120 e. The summed E-state index contributed by atoms with van der Waals surface area (Å²) in [4.78, 5) is 0. The predicted molar refractivity (Wildman–Crippen MR) is 65.5 cm³/mol. The Hall–Kier alpha value is -1.26. The fraction of sp³-hybridized carbons (Fsp3) is 0.400. The number of allylic oxidation sites excluding steroid dienone is 1. The topological polar surface area (TPSA) is 0 Å². The highest BCUT2D eigenvalue weighted by Gasteiger charge is 2.59. The molecule has 0 aliphatic heterocycles. The number of rotatable bonds is 1. The lowest BCUT2D eigenvalue weighted by atomic mass is 10.0. The van der Waals surface area contributed by atoms with Gasteiger partial charge in [0.15, 0.2) is 0 Å². The maximum atomic E-state index is 3.45. The van der Waals surface area contributed by atoms with Gasteiger partial charge in [0.1, 0.15) is 0 Å². The van der Waals surface area contributed by atoms with E-state index in [0.29, 0.717) is 10.8 Å². The van der Waals surface area contributed by atoms with Crippen molar-refractivity contribution in [3.8, 4) is 0 Å². The average molecular weight is 198 g/mol. The Balaban J connectivity index is 2.32. The average Bonchev–Trinajstić information content (AvgIpc) is 2.57. The molecule has 1 saturated carbocycles. The van der Waals surface area contributed by atoms with Crippen LogP contribution in [0, 0.1) is 10.8 Å². The molecule has 0 aromatic heterocycles. The van der Waals surface area contributed by atoms with Gasteiger partial charge in [-0.05, 0) is 17.2 Å². The van der Waals surface area contributed by atoms with Crippen LogP contribution in [-0.4, -0.2) is 0 Å². The zero-order valence-electron chi connectivity index (χ0n) is 9.96. The Kier molecular flexibility index (Phi) is 2.13. The second-order valence-electron chi connectivity index (χ2n) is 5.32. The van der Waals surface area contributed by atoms with Crippen LogP contribution in [0.25, 0.3) is 6.08 Å². The SMILES string of the molecule is CC1(C)C(=C=Cc2ccccc2)C1(C)C. The van der Waals surface area contributed by atoms with Crippen molar-refractivity contribution in [3.63, 3.8) is 0 Å². The monoisotopic (exact) mass is 198 g/mol. The predicted octanol–water partition coefficient (Wildman–Crippen LogP) is 4.29. The van der Waals surface area contributed by atoms with Gasteiger partial charge in [-0.25, -0.2) is 0 Å². The summed E-state index contributed by atoms with van der Waals surface area (Å²) in [5.41, 5.74) is 6.74. The molecule has 78 valence electrons. The quantitative estimate of drug-likeness (QED) is 0.590. The van der Waals surface area contributed by atoms with E-state index in [1.807, 2.05) is 6.07 Å². The summed E-state index contributed by atoms with van der Waals surface area (Å²) in [7, 11) is 0. The molecular weight excluding hydrogens is 180 g/mol. The Bertz CT molecular complexity index is 410. The molecule has 0 heterocycles. The van der Waals surface area contributed by atoms with Crippen LogP contribution in [0.3, 0.4) is 0 Å². The molecule has 0 unspecified atom stereocenters. The summed E-state index contributed by atoms with van der Waals surface area (Å²) < 4.78 is 0. The third kappa shape index (κ3) is 1.56. The van der Waals surface area contributed by atoms with Crippen molar-refractivity contribution < 1.29 is 0 Å². The molecule has 15 heavy (non-hydrogen) atoms. The van der Waals surface area contributed by atoms with E-state index in [1.165, 1.54) is 11.1 Å². The van der Waals surface area contributed by atoms with E-state index in [9.17, 15) is 0 Å². The van der Waals surface area contributed by atoms with Crippen LogP contribution >= 0.6 is 0 Å². The molecule has 1 fully saturated rings. The maximum absolute atomic E-state index is 3.45. The summed E-state index contributed by atoms with van der Waals surface area (Å²) in [6.45, 7) is 9.14. The van der Waals surface area contributed by atoms with Gasteiger partial charge in [0, 0.05) is 10.8 Å². The van der Waals surface area contributed by atoms with Gasteiger partial charge in [0.05, 0.1) is 0 Å². The van der Waals surface area contributed by atoms with Crippen LogP contribution < -0.4 is 0 Å². The molecule has 0 amide bonds. The molecule has 1 aliphatic rings. The van der Waals surface area contributed by atoms with Gasteiger partial charge < -0.3 is 0 Å². The lowest BCUT2D eigenvalue weighted by Gasteiger charge is -2.02. The van der Waals surface area contributed by atoms with Crippen molar-refractivity contribution in [1.82, 2.24) is 0 Å². The molecule has 0 radical (unpaired) electrons. The molecule has 0 atom stereocenters.